The standard InChI is InChI=1S/C24H36N2O3.H2/c1-17(27)25-21-15-24(20-14-23(29-3)22(28-2)13-19(20)21)9-11-26(12-10-24)16-18-7-5-4-6-8-18;/h13-14,18,21H,4-12,15-16H2,1-3H3,(H,25,27);1H/t21-;/m0./s1. The van der Waals surface area contributed by atoms with Crippen LogP contribution < -0.4 is 14.8 Å². The van der Waals surface area contributed by atoms with Crippen LogP contribution in [0.2, 0.25) is 0 Å². The lowest BCUT2D eigenvalue weighted by atomic mass is 9.73. The molecular formula is C24H38N2O3. The van der Waals surface area contributed by atoms with Gasteiger partial charge in [0.1, 0.15) is 0 Å². The first-order valence-corrected chi connectivity index (χ1v) is 11.3. The van der Waals surface area contributed by atoms with E-state index in [1.807, 2.05) is 0 Å². The Labute approximate surface area is 176 Å². The van der Waals surface area contributed by atoms with Crippen molar-refractivity contribution in [2.24, 2.45) is 5.92 Å². The van der Waals surface area contributed by atoms with Gasteiger partial charge in [0.15, 0.2) is 11.5 Å². The molecule has 0 unspecified atom stereocenters. The van der Waals surface area contributed by atoms with Crippen molar-refractivity contribution in [3.05, 3.63) is 23.3 Å². The average molecular weight is 403 g/mol. The maximum atomic E-state index is 11.9. The second-order valence-corrected chi connectivity index (χ2v) is 9.34. The zero-order valence-corrected chi connectivity index (χ0v) is 18.3. The molecule has 1 aromatic rings. The zero-order chi connectivity index (χ0) is 20.4. The molecule has 5 heteroatoms. The van der Waals surface area contributed by atoms with Crippen LogP contribution in [0.15, 0.2) is 12.1 Å². The predicted molar refractivity (Wildman–Crippen MR) is 117 cm³/mol. The normalized spacial score (nSPS) is 24.3. The minimum absolute atomic E-state index is 0. The summed E-state index contributed by atoms with van der Waals surface area (Å²) in [5.74, 6) is 2.46. The van der Waals surface area contributed by atoms with E-state index in [0.717, 1.165) is 49.8 Å². The van der Waals surface area contributed by atoms with Crippen molar-refractivity contribution >= 4 is 5.91 Å². The Morgan fingerprint density at radius 1 is 1.14 bits per heavy atom. The highest BCUT2D eigenvalue weighted by Gasteiger charge is 2.46. The van der Waals surface area contributed by atoms with E-state index >= 15 is 0 Å². The van der Waals surface area contributed by atoms with Crippen LogP contribution in [0.1, 0.15) is 76.9 Å². The maximum absolute atomic E-state index is 11.9. The van der Waals surface area contributed by atoms with E-state index in [2.05, 4.69) is 22.3 Å². The first kappa shape index (κ1) is 20.5. The van der Waals surface area contributed by atoms with E-state index in [9.17, 15) is 4.79 Å². The quantitative estimate of drug-likeness (QED) is 0.791. The SMILES string of the molecule is COc1cc2c(cc1OC)C1(CCN(CC3CCCCC3)CC1)C[C@@H]2NC(C)=O.[HH]. The van der Waals surface area contributed by atoms with E-state index < -0.39 is 0 Å². The lowest BCUT2D eigenvalue weighted by Crippen LogP contribution is -2.44. The van der Waals surface area contributed by atoms with Gasteiger partial charge < -0.3 is 19.7 Å². The largest absolute Gasteiger partial charge is 0.493 e. The predicted octanol–water partition coefficient (Wildman–Crippen LogP) is 4.44. The number of carbonyl (C=O) groups excluding carboxylic acids is 1. The van der Waals surface area contributed by atoms with Crippen LogP contribution in [0.5, 0.6) is 11.5 Å². The fourth-order valence-corrected chi connectivity index (χ4v) is 6.00. The third-order valence-corrected chi connectivity index (χ3v) is 7.53. The monoisotopic (exact) mass is 402 g/mol. The molecular weight excluding hydrogens is 364 g/mol. The maximum Gasteiger partial charge on any atom is 0.217 e. The number of hydrogen-bond donors (Lipinski definition) is 1. The van der Waals surface area contributed by atoms with Gasteiger partial charge in [0, 0.05) is 20.3 Å². The number of amides is 1. The molecule has 4 rings (SSSR count). The molecule has 1 N–H and O–H groups in total. The highest BCUT2D eigenvalue weighted by Crippen LogP contribution is 2.53. The van der Waals surface area contributed by atoms with E-state index in [0.29, 0.717) is 0 Å². The molecule has 3 aliphatic rings. The third-order valence-electron chi connectivity index (χ3n) is 7.53. The number of piperidine rings is 1. The second kappa shape index (κ2) is 8.55. The van der Waals surface area contributed by atoms with Gasteiger partial charge >= 0.3 is 0 Å². The Balaban J connectivity index is 0.00000256. The molecule has 1 aliphatic heterocycles. The van der Waals surface area contributed by atoms with E-state index in [1.165, 1.54) is 49.8 Å². The van der Waals surface area contributed by atoms with E-state index in [4.69, 9.17) is 9.47 Å². The van der Waals surface area contributed by atoms with Crippen LogP contribution in [-0.2, 0) is 10.2 Å². The third kappa shape index (κ3) is 4.11. The Morgan fingerprint density at radius 2 is 1.79 bits per heavy atom. The molecule has 29 heavy (non-hydrogen) atoms. The van der Waals surface area contributed by atoms with Crippen LogP contribution in [0.25, 0.3) is 0 Å². The number of likely N-dealkylation sites (tertiary alicyclic amines) is 1. The number of carbonyl (C=O) groups is 1. The van der Waals surface area contributed by atoms with Crippen molar-refractivity contribution in [1.82, 2.24) is 10.2 Å². The first-order valence-electron chi connectivity index (χ1n) is 11.3. The van der Waals surface area contributed by atoms with Gasteiger partial charge in [-0.25, -0.2) is 0 Å². The Bertz CT molecular complexity index is 740. The van der Waals surface area contributed by atoms with Gasteiger partial charge in [-0.1, -0.05) is 19.3 Å². The van der Waals surface area contributed by atoms with Crippen LogP contribution in [0.4, 0.5) is 0 Å². The number of ether oxygens (including phenoxy) is 2. The fraction of sp³-hybridized carbons (Fsp3) is 0.708. The summed E-state index contributed by atoms with van der Waals surface area (Å²) < 4.78 is 11.2. The summed E-state index contributed by atoms with van der Waals surface area (Å²) in [6.45, 7) is 5.18. The number of methoxy groups -OCH3 is 2. The molecule has 1 heterocycles. The topological polar surface area (TPSA) is 50.8 Å². The van der Waals surface area contributed by atoms with Crippen LogP contribution in [0.3, 0.4) is 0 Å². The van der Waals surface area contributed by atoms with Gasteiger partial charge in [-0.15, -0.1) is 0 Å². The number of nitrogens with zero attached hydrogens (tertiary/aromatic N) is 1. The summed E-state index contributed by atoms with van der Waals surface area (Å²) >= 11 is 0. The van der Waals surface area contributed by atoms with Crippen molar-refractivity contribution < 1.29 is 15.7 Å². The summed E-state index contributed by atoms with van der Waals surface area (Å²) in [5, 5.41) is 3.19. The number of rotatable bonds is 5. The summed E-state index contributed by atoms with van der Waals surface area (Å²) in [6, 6.07) is 4.32. The summed E-state index contributed by atoms with van der Waals surface area (Å²) in [5.41, 5.74) is 2.69. The zero-order valence-electron chi connectivity index (χ0n) is 18.3. The summed E-state index contributed by atoms with van der Waals surface area (Å²) in [7, 11) is 3.37. The summed E-state index contributed by atoms with van der Waals surface area (Å²) in [6.07, 6.45) is 10.3. The van der Waals surface area contributed by atoms with Crippen molar-refractivity contribution in [1.29, 1.82) is 0 Å². The molecule has 0 bridgehead atoms. The molecule has 5 nitrogen and oxygen atoms in total. The highest BCUT2D eigenvalue weighted by atomic mass is 16.5. The molecule has 1 saturated carbocycles. The molecule has 1 aromatic carbocycles. The molecule has 1 amide bonds. The lowest BCUT2D eigenvalue weighted by Gasteiger charge is -2.42. The van der Waals surface area contributed by atoms with Gasteiger partial charge in [0.05, 0.1) is 20.3 Å². The Hall–Kier alpha value is -1.75. The van der Waals surface area contributed by atoms with Crippen LogP contribution in [0, 0.1) is 5.92 Å². The number of nitrogens with one attached hydrogen (secondary N) is 1. The average Bonchev–Trinajstić information content (AvgIpc) is 3.01. The molecule has 1 atom stereocenters. The minimum Gasteiger partial charge on any atom is -0.493 e. The molecule has 1 saturated heterocycles. The van der Waals surface area contributed by atoms with Crippen molar-refractivity contribution in [3.8, 4) is 11.5 Å². The minimum atomic E-state index is 0. The lowest BCUT2D eigenvalue weighted by molar-refractivity contribution is -0.119. The van der Waals surface area contributed by atoms with Gasteiger partial charge in [-0.3, -0.25) is 4.79 Å². The second-order valence-electron chi connectivity index (χ2n) is 9.34. The van der Waals surface area contributed by atoms with Crippen molar-refractivity contribution in [2.45, 2.75) is 69.7 Å². The molecule has 162 valence electrons. The summed E-state index contributed by atoms with van der Waals surface area (Å²) in [4.78, 5) is 14.5. The van der Waals surface area contributed by atoms with Gasteiger partial charge in [-0.2, -0.15) is 0 Å². The Kier molecular flexibility index (Phi) is 6.05. The first-order chi connectivity index (χ1) is 14.0. The van der Waals surface area contributed by atoms with Crippen LogP contribution in [-0.4, -0.2) is 44.7 Å². The molecule has 2 fully saturated rings. The number of benzene rings is 1. The van der Waals surface area contributed by atoms with Crippen molar-refractivity contribution in [2.75, 3.05) is 33.9 Å². The van der Waals surface area contributed by atoms with Gasteiger partial charge in [0.25, 0.3) is 0 Å². The van der Waals surface area contributed by atoms with Crippen LogP contribution >= 0.6 is 0 Å². The van der Waals surface area contributed by atoms with Gasteiger partial charge in [0.2, 0.25) is 5.91 Å². The Morgan fingerprint density at radius 3 is 2.41 bits per heavy atom. The molecule has 0 aromatic heterocycles. The van der Waals surface area contributed by atoms with E-state index in [1.54, 1.807) is 21.1 Å². The van der Waals surface area contributed by atoms with Gasteiger partial charge in [-0.05, 0) is 74.4 Å². The molecule has 0 radical (unpaired) electrons. The van der Waals surface area contributed by atoms with Crippen molar-refractivity contribution in [3.63, 3.8) is 0 Å². The smallest absolute Gasteiger partial charge is 0.217 e. The molecule has 2 aliphatic carbocycles. The highest BCUT2D eigenvalue weighted by molar-refractivity contribution is 5.74. The number of hydrogen-bond acceptors (Lipinski definition) is 4. The number of fused-ring (bicyclic) bond motifs is 2. The van der Waals surface area contributed by atoms with E-state index in [-0.39, 0.29) is 18.8 Å². The molecule has 1 spiro atoms. The fourth-order valence-electron chi connectivity index (χ4n) is 6.00.